The molecule has 1 aromatic heterocycles. The van der Waals surface area contributed by atoms with Crippen molar-refractivity contribution in [1.82, 2.24) is 9.47 Å². The molecule has 3 aliphatic heterocycles. The third-order valence-electron chi connectivity index (χ3n) is 7.98. The third-order valence-corrected chi connectivity index (χ3v) is 8.40. The molecule has 0 N–H and O–H groups in total. The first-order valence-electron chi connectivity index (χ1n) is 14.2. The first-order valence-corrected chi connectivity index (χ1v) is 14.8. The van der Waals surface area contributed by atoms with Crippen LogP contribution < -0.4 is 4.74 Å². The Morgan fingerprint density at radius 3 is 2.73 bits per heavy atom. The number of benzene rings is 1. The smallest absolute Gasteiger partial charge is 0.419 e. The van der Waals surface area contributed by atoms with Gasteiger partial charge >= 0.3 is 6.09 Å². The van der Waals surface area contributed by atoms with Gasteiger partial charge in [-0.05, 0) is 90.7 Å². The van der Waals surface area contributed by atoms with Crippen LogP contribution in [-0.2, 0) is 20.7 Å². The molecule has 8 nitrogen and oxygen atoms in total. The van der Waals surface area contributed by atoms with Gasteiger partial charge in [-0.3, -0.25) is 9.36 Å². The molecular formula is C32H40ClN3O5. The average molecular weight is 582 g/mol. The number of nitrogens with zero attached hydrogens (tertiary/aromatic N) is 3. The molecule has 0 spiro atoms. The number of aromatic nitrogens is 1. The van der Waals surface area contributed by atoms with E-state index >= 15 is 0 Å². The second-order valence-electron chi connectivity index (χ2n) is 12.8. The van der Waals surface area contributed by atoms with E-state index in [0.29, 0.717) is 42.4 Å². The number of allylic oxidation sites excluding steroid dienone is 1. The number of aliphatic imine (C=N–C) groups is 1. The van der Waals surface area contributed by atoms with E-state index in [1.807, 2.05) is 70.7 Å². The first kappa shape index (κ1) is 29.2. The van der Waals surface area contributed by atoms with E-state index < -0.39 is 28.9 Å². The molecule has 1 amide bonds. The standard InChI is InChI=1S/C32H40ClN3O5/c1-20(18-33)11-15-32-13-8-16-36(32)27(37)24(34-28(32)39-7)17-21-19-35(29(38)41-30(2,3)4)26-22(21)9-10-25-23(26)12-14-31(5,6)40-25/h9-12,14,19,24H,8,13,15-18H2,1-7H3/b20-11+/t24-,32-/m1/s1. The minimum Gasteiger partial charge on any atom is -0.483 e. The monoisotopic (exact) mass is 581 g/mol. The van der Waals surface area contributed by atoms with Crippen LogP contribution in [0.15, 0.2) is 41.0 Å². The fraction of sp³-hybridized carbons (Fsp3) is 0.531. The van der Waals surface area contributed by atoms with Crippen LogP contribution >= 0.6 is 11.6 Å². The maximum absolute atomic E-state index is 13.9. The highest BCUT2D eigenvalue weighted by molar-refractivity contribution is 6.19. The number of methoxy groups -OCH3 is 1. The third kappa shape index (κ3) is 5.39. The predicted molar refractivity (Wildman–Crippen MR) is 162 cm³/mol. The maximum Gasteiger partial charge on any atom is 0.419 e. The number of carbonyl (C=O) groups is 2. The molecule has 9 heteroatoms. The van der Waals surface area contributed by atoms with Crippen LogP contribution in [0.4, 0.5) is 4.79 Å². The molecule has 3 aliphatic rings. The van der Waals surface area contributed by atoms with Crippen molar-refractivity contribution in [2.45, 2.75) is 90.0 Å². The van der Waals surface area contributed by atoms with Gasteiger partial charge in [0.1, 0.15) is 28.5 Å². The van der Waals surface area contributed by atoms with Gasteiger partial charge in [0.15, 0.2) is 0 Å². The van der Waals surface area contributed by atoms with E-state index in [0.717, 1.165) is 34.9 Å². The summed E-state index contributed by atoms with van der Waals surface area (Å²) in [6.45, 7) is 12.1. The van der Waals surface area contributed by atoms with Crippen molar-refractivity contribution < 1.29 is 23.8 Å². The Kier molecular flexibility index (Phi) is 7.51. The van der Waals surface area contributed by atoms with Crippen molar-refractivity contribution in [3.05, 3.63) is 47.2 Å². The van der Waals surface area contributed by atoms with Crippen LogP contribution in [0.3, 0.4) is 0 Å². The zero-order valence-corrected chi connectivity index (χ0v) is 25.8. The number of ether oxygens (including phenoxy) is 3. The highest BCUT2D eigenvalue weighted by Crippen LogP contribution is 2.41. The lowest BCUT2D eigenvalue weighted by Crippen LogP contribution is -2.60. The molecule has 0 aliphatic carbocycles. The zero-order chi connectivity index (χ0) is 29.7. The van der Waals surface area contributed by atoms with Gasteiger partial charge in [0.25, 0.3) is 0 Å². The van der Waals surface area contributed by atoms with Gasteiger partial charge in [0, 0.05) is 36.0 Å². The van der Waals surface area contributed by atoms with Crippen molar-refractivity contribution in [1.29, 1.82) is 0 Å². The largest absolute Gasteiger partial charge is 0.483 e. The number of halogens is 1. The van der Waals surface area contributed by atoms with Crippen LogP contribution in [0.1, 0.15) is 71.9 Å². The average Bonchev–Trinajstić information content (AvgIpc) is 3.50. The number of rotatable bonds is 5. The lowest BCUT2D eigenvalue weighted by atomic mass is 9.87. The van der Waals surface area contributed by atoms with Crippen molar-refractivity contribution in [2.24, 2.45) is 4.99 Å². The Bertz CT molecular complexity index is 1480. The van der Waals surface area contributed by atoms with Crippen LogP contribution in [0, 0.1) is 0 Å². The van der Waals surface area contributed by atoms with Gasteiger partial charge in [0.2, 0.25) is 11.8 Å². The molecular weight excluding hydrogens is 542 g/mol. The van der Waals surface area contributed by atoms with Crippen molar-refractivity contribution in [3.8, 4) is 5.75 Å². The fourth-order valence-electron chi connectivity index (χ4n) is 6.07. The van der Waals surface area contributed by atoms with Gasteiger partial charge < -0.3 is 19.1 Å². The quantitative estimate of drug-likeness (QED) is 0.297. The molecule has 4 heterocycles. The summed E-state index contributed by atoms with van der Waals surface area (Å²) in [5.74, 6) is 1.68. The molecule has 2 atom stereocenters. The summed E-state index contributed by atoms with van der Waals surface area (Å²) in [5, 5.41) is 0.850. The van der Waals surface area contributed by atoms with Crippen molar-refractivity contribution >= 4 is 46.5 Å². The minimum absolute atomic E-state index is 0.0265. The normalized spacial score (nSPS) is 23.7. The van der Waals surface area contributed by atoms with E-state index in [9.17, 15) is 9.59 Å². The van der Waals surface area contributed by atoms with Gasteiger partial charge in [-0.15, -0.1) is 11.6 Å². The molecule has 41 heavy (non-hydrogen) atoms. The summed E-state index contributed by atoms with van der Waals surface area (Å²) < 4.78 is 19.4. The Labute approximate surface area is 247 Å². The lowest BCUT2D eigenvalue weighted by molar-refractivity contribution is -0.136. The van der Waals surface area contributed by atoms with Gasteiger partial charge in [0.05, 0.1) is 12.6 Å². The molecule has 1 fully saturated rings. The molecule has 2 aromatic rings. The summed E-state index contributed by atoms with van der Waals surface area (Å²) in [6.07, 6.45) is 9.94. The van der Waals surface area contributed by atoms with Gasteiger partial charge in [-0.1, -0.05) is 11.6 Å². The highest BCUT2D eigenvalue weighted by atomic mass is 35.5. The summed E-state index contributed by atoms with van der Waals surface area (Å²) >= 11 is 6.03. The molecule has 1 saturated heterocycles. The number of alkyl halides is 1. The Morgan fingerprint density at radius 2 is 2.05 bits per heavy atom. The number of hydrogen-bond acceptors (Lipinski definition) is 6. The lowest BCUT2D eigenvalue weighted by Gasteiger charge is -2.42. The minimum atomic E-state index is -0.677. The maximum atomic E-state index is 13.9. The Hall–Kier alpha value is -3.26. The second kappa shape index (κ2) is 10.5. The van der Waals surface area contributed by atoms with Crippen LogP contribution in [0.25, 0.3) is 17.0 Å². The molecule has 1 aromatic carbocycles. The summed E-state index contributed by atoms with van der Waals surface area (Å²) in [7, 11) is 1.62. The highest BCUT2D eigenvalue weighted by Gasteiger charge is 2.53. The summed E-state index contributed by atoms with van der Waals surface area (Å²) in [5.41, 5.74) is 1.64. The van der Waals surface area contributed by atoms with E-state index in [1.165, 1.54) is 4.57 Å². The number of carbonyl (C=O) groups excluding carboxylic acids is 2. The topological polar surface area (TPSA) is 82.4 Å². The van der Waals surface area contributed by atoms with E-state index in [1.54, 1.807) is 13.3 Å². The second-order valence-corrected chi connectivity index (χ2v) is 13.1. The predicted octanol–water partition coefficient (Wildman–Crippen LogP) is 6.51. The van der Waals surface area contributed by atoms with Crippen molar-refractivity contribution in [2.75, 3.05) is 19.5 Å². The number of hydrogen-bond donors (Lipinski definition) is 0. The number of amides is 1. The summed E-state index contributed by atoms with van der Waals surface area (Å²) in [6, 6.07) is 3.21. The van der Waals surface area contributed by atoms with Gasteiger partial charge in [-0.2, -0.15) is 0 Å². The fourth-order valence-corrected chi connectivity index (χ4v) is 6.18. The molecule has 0 bridgehead atoms. The first-order chi connectivity index (χ1) is 19.3. The number of fused-ring (bicyclic) bond motifs is 4. The molecule has 5 rings (SSSR count). The molecule has 220 valence electrons. The molecule has 0 saturated carbocycles. The van der Waals surface area contributed by atoms with Crippen LogP contribution in [0.2, 0.25) is 0 Å². The van der Waals surface area contributed by atoms with Crippen LogP contribution in [0.5, 0.6) is 5.75 Å². The van der Waals surface area contributed by atoms with E-state index in [-0.39, 0.29) is 5.91 Å². The SMILES string of the molecule is COC1=N[C@H](Cc2cn(C(=O)OC(C)(C)C)c3c4c(ccc23)OC(C)(C)C=C4)C(=O)N2CCC[C@@]12C/C=C(\C)CCl. The van der Waals surface area contributed by atoms with E-state index in [2.05, 4.69) is 6.08 Å². The molecule has 0 unspecified atom stereocenters. The zero-order valence-electron chi connectivity index (χ0n) is 25.0. The van der Waals surface area contributed by atoms with Gasteiger partial charge in [-0.25, -0.2) is 9.79 Å². The summed E-state index contributed by atoms with van der Waals surface area (Å²) in [4.78, 5) is 34.2. The van der Waals surface area contributed by atoms with Crippen molar-refractivity contribution in [3.63, 3.8) is 0 Å². The van der Waals surface area contributed by atoms with Crippen LogP contribution in [-0.4, -0.2) is 69.7 Å². The Balaban J connectivity index is 1.58. The van der Waals surface area contributed by atoms with E-state index in [4.69, 9.17) is 30.8 Å². The molecule has 0 radical (unpaired) electrons. The Morgan fingerprint density at radius 1 is 1.29 bits per heavy atom.